The van der Waals surface area contributed by atoms with Crippen LogP contribution in [0, 0.1) is 0 Å². The van der Waals surface area contributed by atoms with E-state index < -0.39 is 0 Å². The van der Waals surface area contributed by atoms with Gasteiger partial charge in [-0.15, -0.1) is 0 Å². The van der Waals surface area contributed by atoms with Crippen molar-refractivity contribution in [1.82, 2.24) is 10.6 Å². The van der Waals surface area contributed by atoms with Gasteiger partial charge in [-0.3, -0.25) is 9.59 Å². The fourth-order valence-electron chi connectivity index (χ4n) is 2.88. The van der Waals surface area contributed by atoms with Crippen molar-refractivity contribution in [3.63, 3.8) is 0 Å². The van der Waals surface area contributed by atoms with Gasteiger partial charge in [0.15, 0.2) is 0 Å². The quantitative estimate of drug-likeness (QED) is 0.440. The van der Waals surface area contributed by atoms with E-state index in [1.165, 1.54) is 71.1 Å². The van der Waals surface area contributed by atoms with Crippen LogP contribution in [0.1, 0.15) is 97.3 Å². The van der Waals surface area contributed by atoms with Crippen LogP contribution in [-0.2, 0) is 9.59 Å². The van der Waals surface area contributed by atoms with Crippen molar-refractivity contribution in [2.24, 2.45) is 0 Å². The molecule has 0 saturated carbocycles. The highest BCUT2D eigenvalue weighted by atomic mass is 16.2. The molecule has 0 aromatic carbocycles. The molecule has 0 fully saturated rings. The molecule has 2 N–H and O–H groups in total. The van der Waals surface area contributed by atoms with Crippen LogP contribution in [0.15, 0.2) is 0 Å². The lowest BCUT2D eigenvalue weighted by Crippen LogP contribution is -2.44. The van der Waals surface area contributed by atoms with E-state index in [-0.39, 0.29) is 17.9 Å². The van der Waals surface area contributed by atoms with E-state index in [1.54, 1.807) is 7.05 Å². The first-order valence-corrected chi connectivity index (χ1v) is 9.60. The standard InChI is InChI=1S/C19H38N2O2/c1-4-5-6-7-8-9-10-11-12-13-14-15-16-18(19(23)20-3)21-17(2)22/h18H,4-16H2,1-3H3,(H,20,23)(H,21,22). The molecule has 0 heterocycles. The van der Waals surface area contributed by atoms with Crippen molar-refractivity contribution < 1.29 is 9.59 Å². The third-order valence-corrected chi connectivity index (χ3v) is 4.29. The molecule has 4 heteroatoms. The summed E-state index contributed by atoms with van der Waals surface area (Å²) >= 11 is 0. The van der Waals surface area contributed by atoms with Gasteiger partial charge >= 0.3 is 0 Å². The number of rotatable bonds is 15. The monoisotopic (exact) mass is 326 g/mol. The van der Waals surface area contributed by atoms with E-state index in [0.29, 0.717) is 0 Å². The minimum atomic E-state index is -0.374. The molecule has 0 saturated heterocycles. The van der Waals surface area contributed by atoms with Crippen molar-refractivity contribution in [1.29, 1.82) is 0 Å². The molecule has 1 atom stereocenters. The lowest BCUT2D eigenvalue weighted by molar-refractivity contribution is -0.127. The number of carbonyl (C=O) groups excluding carboxylic acids is 2. The van der Waals surface area contributed by atoms with Crippen LogP contribution in [0.25, 0.3) is 0 Å². The summed E-state index contributed by atoms with van der Waals surface area (Å²) in [4.78, 5) is 22.8. The Kier molecular flexibility index (Phi) is 15.1. The van der Waals surface area contributed by atoms with Gasteiger partial charge in [0, 0.05) is 14.0 Å². The van der Waals surface area contributed by atoms with Crippen molar-refractivity contribution in [3.8, 4) is 0 Å². The molecular formula is C19H38N2O2. The van der Waals surface area contributed by atoms with E-state index in [2.05, 4.69) is 17.6 Å². The van der Waals surface area contributed by atoms with Crippen LogP contribution >= 0.6 is 0 Å². The second-order valence-corrected chi connectivity index (χ2v) is 6.55. The molecule has 23 heavy (non-hydrogen) atoms. The summed E-state index contributed by atoms with van der Waals surface area (Å²) < 4.78 is 0. The maximum atomic E-state index is 11.7. The van der Waals surface area contributed by atoms with Crippen LogP contribution in [-0.4, -0.2) is 24.9 Å². The second-order valence-electron chi connectivity index (χ2n) is 6.55. The first-order valence-electron chi connectivity index (χ1n) is 9.60. The largest absolute Gasteiger partial charge is 0.357 e. The number of likely N-dealkylation sites (N-methyl/N-ethyl adjacent to an activating group) is 1. The van der Waals surface area contributed by atoms with Crippen LogP contribution in [0.4, 0.5) is 0 Å². The second kappa shape index (κ2) is 15.8. The number of nitrogens with one attached hydrogen (secondary N) is 2. The third kappa shape index (κ3) is 14.3. The molecule has 0 rings (SSSR count). The molecule has 136 valence electrons. The SMILES string of the molecule is CCCCCCCCCCCCCCC(NC(C)=O)C(=O)NC. The molecule has 2 amide bonds. The van der Waals surface area contributed by atoms with E-state index in [1.807, 2.05) is 0 Å². The van der Waals surface area contributed by atoms with Crippen LogP contribution in [0.5, 0.6) is 0 Å². The molecule has 0 aliphatic heterocycles. The fourth-order valence-corrected chi connectivity index (χ4v) is 2.88. The summed E-state index contributed by atoms with van der Waals surface area (Å²) in [5, 5.41) is 5.33. The Morgan fingerprint density at radius 2 is 1.22 bits per heavy atom. The van der Waals surface area contributed by atoms with Gasteiger partial charge in [0.2, 0.25) is 11.8 Å². The van der Waals surface area contributed by atoms with Gasteiger partial charge in [0.25, 0.3) is 0 Å². The fraction of sp³-hybridized carbons (Fsp3) is 0.895. The Hall–Kier alpha value is -1.06. The summed E-state index contributed by atoms with van der Waals surface area (Å²) in [7, 11) is 1.61. The predicted molar refractivity (Wildman–Crippen MR) is 97.4 cm³/mol. The zero-order valence-corrected chi connectivity index (χ0v) is 15.6. The van der Waals surface area contributed by atoms with E-state index in [0.717, 1.165) is 19.3 Å². The lowest BCUT2D eigenvalue weighted by Gasteiger charge is -2.15. The third-order valence-electron chi connectivity index (χ3n) is 4.29. The van der Waals surface area contributed by atoms with E-state index in [4.69, 9.17) is 0 Å². The van der Waals surface area contributed by atoms with Crippen molar-refractivity contribution in [2.75, 3.05) is 7.05 Å². The average molecular weight is 327 g/mol. The van der Waals surface area contributed by atoms with Gasteiger partial charge in [0.1, 0.15) is 6.04 Å². The highest BCUT2D eigenvalue weighted by molar-refractivity contribution is 5.86. The molecule has 0 aromatic rings. The molecule has 0 spiro atoms. The van der Waals surface area contributed by atoms with Gasteiger partial charge < -0.3 is 10.6 Å². The molecule has 0 aromatic heterocycles. The zero-order valence-electron chi connectivity index (χ0n) is 15.6. The van der Waals surface area contributed by atoms with Gasteiger partial charge in [-0.25, -0.2) is 0 Å². The number of unbranched alkanes of at least 4 members (excludes halogenated alkanes) is 11. The van der Waals surface area contributed by atoms with Gasteiger partial charge in [-0.1, -0.05) is 84.0 Å². The summed E-state index contributed by atoms with van der Waals surface area (Å²) in [6.07, 6.45) is 16.4. The Morgan fingerprint density at radius 3 is 1.61 bits per heavy atom. The zero-order chi connectivity index (χ0) is 17.3. The van der Waals surface area contributed by atoms with Crippen LogP contribution < -0.4 is 10.6 Å². The Balaban J connectivity index is 3.45. The van der Waals surface area contributed by atoms with E-state index >= 15 is 0 Å². The Morgan fingerprint density at radius 1 is 0.783 bits per heavy atom. The topological polar surface area (TPSA) is 58.2 Å². The summed E-state index contributed by atoms with van der Waals surface area (Å²) in [6, 6.07) is -0.374. The van der Waals surface area contributed by atoms with Gasteiger partial charge in [-0.05, 0) is 6.42 Å². The maximum absolute atomic E-state index is 11.7. The molecule has 0 bridgehead atoms. The number of hydrogen-bond acceptors (Lipinski definition) is 2. The highest BCUT2D eigenvalue weighted by Gasteiger charge is 2.16. The highest BCUT2D eigenvalue weighted by Crippen LogP contribution is 2.13. The average Bonchev–Trinajstić information content (AvgIpc) is 2.53. The molecular weight excluding hydrogens is 288 g/mol. The minimum Gasteiger partial charge on any atom is -0.357 e. The maximum Gasteiger partial charge on any atom is 0.242 e. The predicted octanol–water partition coefficient (Wildman–Crippen LogP) is 4.33. The number of carbonyl (C=O) groups is 2. The van der Waals surface area contributed by atoms with Crippen molar-refractivity contribution in [3.05, 3.63) is 0 Å². The first-order chi connectivity index (χ1) is 11.1. The summed E-state index contributed by atoms with van der Waals surface area (Å²) in [5.41, 5.74) is 0. The van der Waals surface area contributed by atoms with Crippen molar-refractivity contribution >= 4 is 11.8 Å². The Labute approximate surface area is 143 Å². The van der Waals surface area contributed by atoms with Crippen LogP contribution in [0.2, 0.25) is 0 Å². The smallest absolute Gasteiger partial charge is 0.242 e. The summed E-state index contributed by atoms with van der Waals surface area (Å²) in [6.45, 7) is 3.71. The van der Waals surface area contributed by atoms with Crippen molar-refractivity contribution in [2.45, 2.75) is 103 Å². The molecule has 1 unspecified atom stereocenters. The summed E-state index contributed by atoms with van der Waals surface area (Å²) in [5.74, 6) is -0.235. The minimum absolute atomic E-state index is 0.0942. The van der Waals surface area contributed by atoms with Crippen LogP contribution in [0.3, 0.4) is 0 Å². The molecule has 0 radical (unpaired) electrons. The lowest BCUT2D eigenvalue weighted by atomic mass is 10.0. The first kappa shape index (κ1) is 21.9. The van der Waals surface area contributed by atoms with Gasteiger partial charge in [-0.2, -0.15) is 0 Å². The Bertz CT molecular complexity index is 306. The van der Waals surface area contributed by atoms with E-state index in [9.17, 15) is 9.59 Å². The number of hydrogen-bond donors (Lipinski definition) is 2. The normalized spacial score (nSPS) is 12.0. The molecule has 4 nitrogen and oxygen atoms in total. The number of amides is 2. The molecule has 0 aliphatic rings. The molecule has 0 aliphatic carbocycles. The van der Waals surface area contributed by atoms with Gasteiger partial charge in [0.05, 0.1) is 0 Å².